The van der Waals surface area contributed by atoms with E-state index in [0.29, 0.717) is 0 Å². The molecule has 4 heteroatoms. The maximum absolute atomic E-state index is 4.41. The molecule has 16 heavy (non-hydrogen) atoms. The van der Waals surface area contributed by atoms with Crippen LogP contribution in [0.4, 0.5) is 5.13 Å². The number of piperidine rings is 1. The van der Waals surface area contributed by atoms with Crippen LogP contribution >= 0.6 is 11.3 Å². The number of rotatable bonds is 4. The Bertz CT molecular complexity index is 321. The van der Waals surface area contributed by atoms with E-state index in [1.807, 2.05) is 6.20 Å². The van der Waals surface area contributed by atoms with Gasteiger partial charge in [0.2, 0.25) is 0 Å². The van der Waals surface area contributed by atoms with Crippen LogP contribution in [0.3, 0.4) is 0 Å². The van der Waals surface area contributed by atoms with E-state index in [9.17, 15) is 0 Å². The van der Waals surface area contributed by atoms with Crippen molar-refractivity contribution in [1.29, 1.82) is 0 Å². The van der Waals surface area contributed by atoms with Crippen molar-refractivity contribution in [3.8, 4) is 0 Å². The Balaban J connectivity index is 1.52. The zero-order chi connectivity index (χ0) is 10.8. The van der Waals surface area contributed by atoms with E-state index in [4.69, 9.17) is 0 Å². The van der Waals surface area contributed by atoms with Crippen LogP contribution in [0.2, 0.25) is 0 Å². The molecule has 0 aromatic carbocycles. The first-order valence-corrected chi connectivity index (χ1v) is 7.17. The number of aromatic nitrogens is 1. The summed E-state index contributed by atoms with van der Waals surface area (Å²) in [5.41, 5.74) is 0. The van der Waals surface area contributed by atoms with Gasteiger partial charge in [-0.25, -0.2) is 4.98 Å². The lowest BCUT2D eigenvalue weighted by molar-refractivity contribution is 0.391. The first-order valence-electron chi connectivity index (χ1n) is 6.29. The lowest BCUT2D eigenvalue weighted by Crippen LogP contribution is -2.40. The van der Waals surface area contributed by atoms with Gasteiger partial charge in [0.05, 0.1) is 0 Å². The van der Waals surface area contributed by atoms with Crippen molar-refractivity contribution in [2.45, 2.75) is 31.7 Å². The summed E-state index contributed by atoms with van der Waals surface area (Å²) in [7, 11) is 0. The van der Waals surface area contributed by atoms with E-state index in [1.165, 1.54) is 50.4 Å². The number of nitrogens with zero attached hydrogens (tertiary/aromatic N) is 2. The molecule has 2 aliphatic rings. The maximum Gasteiger partial charge on any atom is 0.185 e. The van der Waals surface area contributed by atoms with Gasteiger partial charge in [0.15, 0.2) is 5.13 Å². The van der Waals surface area contributed by atoms with E-state index in [-0.39, 0.29) is 0 Å². The van der Waals surface area contributed by atoms with Crippen LogP contribution in [-0.2, 0) is 0 Å². The third kappa shape index (κ3) is 2.55. The monoisotopic (exact) mass is 237 g/mol. The molecule has 0 radical (unpaired) electrons. The Labute approximate surface area is 101 Å². The number of hydrogen-bond acceptors (Lipinski definition) is 4. The second-order valence-electron chi connectivity index (χ2n) is 4.95. The fourth-order valence-electron chi connectivity index (χ4n) is 2.40. The molecule has 0 amide bonds. The number of nitrogens with one attached hydrogen (secondary N) is 1. The van der Waals surface area contributed by atoms with Crippen LogP contribution < -0.4 is 10.2 Å². The molecule has 1 saturated heterocycles. The van der Waals surface area contributed by atoms with Gasteiger partial charge in [0, 0.05) is 30.7 Å². The summed E-state index contributed by atoms with van der Waals surface area (Å²) in [5, 5.41) is 6.92. The molecule has 3 rings (SSSR count). The molecule has 0 spiro atoms. The predicted molar refractivity (Wildman–Crippen MR) is 68.1 cm³/mol. The van der Waals surface area contributed by atoms with Gasteiger partial charge in [-0.2, -0.15) is 0 Å². The zero-order valence-electron chi connectivity index (χ0n) is 9.56. The second kappa shape index (κ2) is 4.72. The fraction of sp³-hybridized carbons (Fsp3) is 0.750. The van der Waals surface area contributed by atoms with Gasteiger partial charge in [-0.3, -0.25) is 0 Å². The lowest BCUT2D eigenvalue weighted by atomic mass is 9.98. The maximum atomic E-state index is 4.41. The Hall–Kier alpha value is -0.610. The van der Waals surface area contributed by atoms with Crippen LogP contribution in [-0.4, -0.2) is 30.7 Å². The van der Waals surface area contributed by atoms with Gasteiger partial charge in [-0.05, 0) is 38.1 Å². The third-order valence-corrected chi connectivity index (χ3v) is 4.31. The topological polar surface area (TPSA) is 28.2 Å². The average Bonchev–Trinajstić information content (AvgIpc) is 2.99. The van der Waals surface area contributed by atoms with Gasteiger partial charge < -0.3 is 10.2 Å². The van der Waals surface area contributed by atoms with Crippen molar-refractivity contribution in [2.24, 2.45) is 5.92 Å². The molecule has 1 aliphatic heterocycles. The van der Waals surface area contributed by atoms with Crippen molar-refractivity contribution in [3.05, 3.63) is 11.6 Å². The molecule has 88 valence electrons. The van der Waals surface area contributed by atoms with Crippen molar-refractivity contribution in [3.63, 3.8) is 0 Å². The highest BCUT2D eigenvalue weighted by atomic mass is 32.1. The molecule has 0 bridgehead atoms. The van der Waals surface area contributed by atoms with E-state index in [2.05, 4.69) is 20.6 Å². The summed E-state index contributed by atoms with van der Waals surface area (Å²) in [4.78, 5) is 6.86. The van der Waals surface area contributed by atoms with E-state index in [1.54, 1.807) is 11.3 Å². The number of thiazole rings is 1. The molecule has 3 nitrogen and oxygen atoms in total. The lowest BCUT2D eigenvalue weighted by Gasteiger charge is -2.32. The standard InChI is InChI=1S/C12H19N3S/c1-2-10(8-14-11-3-4-11)9-15(6-1)12-13-5-7-16-12/h5,7,10-11,14H,1-4,6,8-9H2. The Morgan fingerprint density at radius 1 is 1.44 bits per heavy atom. The molecule has 2 fully saturated rings. The van der Waals surface area contributed by atoms with E-state index in [0.717, 1.165) is 12.0 Å². The van der Waals surface area contributed by atoms with Gasteiger partial charge in [-0.1, -0.05) is 0 Å². The minimum atomic E-state index is 0.818. The molecule has 1 saturated carbocycles. The summed E-state index contributed by atoms with van der Waals surface area (Å²) in [6.07, 6.45) is 7.38. The molecule has 1 unspecified atom stereocenters. The van der Waals surface area contributed by atoms with E-state index < -0.39 is 0 Å². The third-order valence-electron chi connectivity index (χ3n) is 3.48. The average molecular weight is 237 g/mol. The summed E-state index contributed by atoms with van der Waals surface area (Å²) in [6, 6.07) is 0.843. The first kappa shape index (κ1) is 10.5. The van der Waals surface area contributed by atoms with Crippen LogP contribution in [0.25, 0.3) is 0 Å². The van der Waals surface area contributed by atoms with E-state index >= 15 is 0 Å². The number of anilines is 1. The molecular weight excluding hydrogens is 218 g/mol. The Morgan fingerprint density at radius 2 is 2.38 bits per heavy atom. The van der Waals surface area contributed by atoms with Crippen LogP contribution in [0, 0.1) is 5.92 Å². The second-order valence-corrected chi connectivity index (χ2v) is 5.82. The molecule has 1 aromatic rings. The highest BCUT2D eigenvalue weighted by Crippen LogP contribution is 2.25. The number of hydrogen-bond donors (Lipinski definition) is 1. The molecular formula is C12H19N3S. The van der Waals surface area contributed by atoms with Crippen molar-refractivity contribution >= 4 is 16.5 Å². The van der Waals surface area contributed by atoms with Crippen LogP contribution in [0.15, 0.2) is 11.6 Å². The summed E-state index contributed by atoms with van der Waals surface area (Å²) in [6.45, 7) is 3.58. The normalized spacial score (nSPS) is 26.0. The Morgan fingerprint density at radius 3 is 3.12 bits per heavy atom. The highest BCUT2D eigenvalue weighted by molar-refractivity contribution is 7.13. The molecule has 2 heterocycles. The molecule has 1 aromatic heterocycles. The first-order chi connectivity index (χ1) is 7.92. The highest BCUT2D eigenvalue weighted by Gasteiger charge is 2.25. The minimum absolute atomic E-state index is 0.818. The summed E-state index contributed by atoms with van der Waals surface area (Å²) >= 11 is 1.76. The van der Waals surface area contributed by atoms with Crippen molar-refractivity contribution in [1.82, 2.24) is 10.3 Å². The van der Waals surface area contributed by atoms with Gasteiger partial charge in [0.25, 0.3) is 0 Å². The zero-order valence-corrected chi connectivity index (χ0v) is 10.4. The van der Waals surface area contributed by atoms with Crippen LogP contribution in [0.5, 0.6) is 0 Å². The largest absolute Gasteiger partial charge is 0.348 e. The molecule has 1 aliphatic carbocycles. The quantitative estimate of drug-likeness (QED) is 0.869. The van der Waals surface area contributed by atoms with Gasteiger partial charge in [-0.15, -0.1) is 11.3 Å². The predicted octanol–water partition coefficient (Wildman–Crippen LogP) is 2.11. The smallest absolute Gasteiger partial charge is 0.185 e. The van der Waals surface area contributed by atoms with Gasteiger partial charge >= 0.3 is 0 Å². The summed E-state index contributed by atoms with van der Waals surface area (Å²) in [5.74, 6) is 0.818. The van der Waals surface area contributed by atoms with Crippen LogP contribution in [0.1, 0.15) is 25.7 Å². The molecule has 1 atom stereocenters. The molecule has 1 N–H and O–H groups in total. The van der Waals surface area contributed by atoms with Crippen molar-refractivity contribution < 1.29 is 0 Å². The Kier molecular flexibility index (Phi) is 3.11. The van der Waals surface area contributed by atoms with Crippen molar-refractivity contribution in [2.75, 3.05) is 24.5 Å². The summed E-state index contributed by atoms with van der Waals surface area (Å²) < 4.78 is 0. The van der Waals surface area contributed by atoms with Gasteiger partial charge in [0.1, 0.15) is 0 Å². The minimum Gasteiger partial charge on any atom is -0.348 e. The SMILES string of the molecule is c1csc(N2CCCC(CNC3CC3)C2)n1. The fourth-order valence-corrected chi connectivity index (χ4v) is 3.08.